The number of hydrogen-bond donors (Lipinski definition) is 1. The Hall–Kier alpha value is -1.87. The van der Waals surface area contributed by atoms with Crippen molar-refractivity contribution in [2.45, 2.75) is 33.4 Å². The van der Waals surface area contributed by atoms with Crippen molar-refractivity contribution >= 4 is 30.4 Å². The molecule has 7 nitrogen and oxygen atoms in total. The van der Waals surface area contributed by atoms with Gasteiger partial charge in [0.25, 0.3) is 0 Å². The largest absolute Gasteiger partial charge is 0.309 e. The van der Waals surface area contributed by atoms with E-state index in [9.17, 15) is 0 Å². The highest BCUT2D eigenvalue weighted by atomic mass is 35.5. The molecule has 0 spiro atoms. The highest BCUT2D eigenvalue weighted by molar-refractivity contribution is 5.85. The van der Waals surface area contributed by atoms with Crippen molar-refractivity contribution in [1.82, 2.24) is 0 Å². The summed E-state index contributed by atoms with van der Waals surface area (Å²) >= 11 is 0. The Labute approximate surface area is 139 Å². The lowest BCUT2D eigenvalue weighted by molar-refractivity contribution is 0.727. The minimum atomic E-state index is -0.229. The predicted molar refractivity (Wildman–Crippen MR) is 96.1 cm³/mol. The van der Waals surface area contributed by atoms with Gasteiger partial charge in [-0.2, -0.15) is 0 Å². The zero-order valence-electron chi connectivity index (χ0n) is 13.6. The number of hydrogen-bond acceptors (Lipinski definition) is 7. The van der Waals surface area contributed by atoms with Crippen molar-refractivity contribution in [3.05, 3.63) is 12.7 Å². The van der Waals surface area contributed by atoms with E-state index in [1.165, 1.54) is 0 Å². The first-order valence-corrected chi connectivity index (χ1v) is 6.86. The fourth-order valence-electron chi connectivity index (χ4n) is 0.749. The van der Waals surface area contributed by atoms with Crippen molar-refractivity contribution in [1.29, 1.82) is 0 Å². The first-order chi connectivity index (χ1) is 10.2. The van der Waals surface area contributed by atoms with Crippen LogP contribution in [0.3, 0.4) is 0 Å². The SMILES string of the molecule is C=CCC(N)N=C=NCC.CCN=C=NCN=C=NCC.Cl. The highest BCUT2D eigenvalue weighted by Crippen LogP contribution is 1.87. The van der Waals surface area contributed by atoms with Crippen LogP contribution in [0.25, 0.3) is 0 Å². The Kier molecular flexibility index (Phi) is 27.6. The summed E-state index contributed by atoms with van der Waals surface area (Å²) < 4.78 is 0. The second kappa shape index (κ2) is 24.2. The molecule has 8 heteroatoms. The van der Waals surface area contributed by atoms with Crippen LogP contribution < -0.4 is 5.73 Å². The molecule has 0 aliphatic rings. The maximum absolute atomic E-state index is 5.46. The monoisotopic (exact) mass is 327 g/mol. The normalized spacial score (nSPS) is 8.91. The van der Waals surface area contributed by atoms with Crippen LogP contribution in [0, 0.1) is 0 Å². The van der Waals surface area contributed by atoms with Crippen LogP contribution in [0.4, 0.5) is 0 Å². The molecular weight excluding hydrogens is 302 g/mol. The van der Waals surface area contributed by atoms with E-state index in [1.807, 2.05) is 20.8 Å². The Morgan fingerprint density at radius 3 is 1.77 bits per heavy atom. The minimum absolute atomic E-state index is 0. The van der Waals surface area contributed by atoms with Crippen LogP contribution in [0.1, 0.15) is 27.2 Å². The van der Waals surface area contributed by atoms with Gasteiger partial charge in [-0.1, -0.05) is 6.08 Å². The molecule has 0 aromatic heterocycles. The van der Waals surface area contributed by atoms with Crippen LogP contribution in [0.2, 0.25) is 0 Å². The summed E-state index contributed by atoms with van der Waals surface area (Å²) in [7, 11) is 0. The molecule has 1 unspecified atom stereocenters. The van der Waals surface area contributed by atoms with Gasteiger partial charge in [-0.15, -0.1) is 19.0 Å². The van der Waals surface area contributed by atoms with Gasteiger partial charge in [-0.3, -0.25) is 0 Å². The Morgan fingerprint density at radius 2 is 1.36 bits per heavy atom. The molecule has 124 valence electrons. The summed E-state index contributed by atoms with van der Waals surface area (Å²) in [4.78, 5) is 22.5. The van der Waals surface area contributed by atoms with Crippen LogP contribution in [-0.2, 0) is 0 Å². The summed E-state index contributed by atoms with van der Waals surface area (Å²) in [5, 5.41) is 0. The van der Waals surface area contributed by atoms with Crippen molar-refractivity contribution in [3.63, 3.8) is 0 Å². The molecule has 0 heterocycles. The quantitative estimate of drug-likeness (QED) is 0.538. The summed E-state index contributed by atoms with van der Waals surface area (Å²) in [5.74, 6) is 0. The van der Waals surface area contributed by atoms with Gasteiger partial charge in [0.15, 0.2) is 6.67 Å². The van der Waals surface area contributed by atoms with Gasteiger partial charge in [-0.25, -0.2) is 30.0 Å². The molecular formula is C14H26ClN7. The molecule has 0 amide bonds. The molecule has 0 radical (unpaired) electrons. The minimum Gasteiger partial charge on any atom is -0.309 e. The van der Waals surface area contributed by atoms with Gasteiger partial charge in [0, 0.05) is 26.1 Å². The first kappa shape index (κ1) is 25.1. The number of rotatable bonds is 8. The molecule has 0 aromatic carbocycles. The fraction of sp³-hybridized carbons (Fsp3) is 0.643. The molecule has 1 atom stereocenters. The Balaban J connectivity index is -0.000000315. The summed E-state index contributed by atoms with van der Waals surface area (Å²) in [6.07, 6.45) is 2.17. The maximum Gasteiger partial charge on any atom is 0.151 e. The molecule has 22 heavy (non-hydrogen) atoms. The Bertz CT molecular complexity index is 404. The van der Waals surface area contributed by atoms with E-state index in [0.29, 0.717) is 32.7 Å². The smallest absolute Gasteiger partial charge is 0.151 e. The zero-order valence-corrected chi connectivity index (χ0v) is 14.4. The van der Waals surface area contributed by atoms with E-state index in [1.54, 1.807) is 6.08 Å². The third kappa shape index (κ3) is 26.6. The van der Waals surface area contributed by atoms with Crippen LogP contribution in [0.5, 0.6) is 0 Å². The molecule has 0 aliphatic heterocycles. The Morgan fingerprint density at radius 1 is 0.909 bits per heavy atom. The topological polar surface area (TPSA) is 100 Å². The van der Waals surface area contributed by atoms with Gasteiger partial charge >= 0.3 is 0 Å². The second-order valence-corrected chi connectivity index (χ2v) is 3.40. The standard InChI is InChI=1S/C7H12N4.C7H13N3.ClH/c1-3-8-5-10-7-11-6-9-4-2;1-3-5-7(8)10-6-9-4-2;/h3-4,7H2,1-2H3;3,7H,1,4-5,8H2,2H3;1H. The van der Waals surface area contributed by atoms with Gasteiger partial charge in [0.05, 0.1) is 18.0 Å². The lowest BCUT2D eigenvalue weighted by atomic mass is 10.4. The lowest BCUT2D eigenvalue weighted by Crippen LogP contribution is -2.14. The van der Waals surface area contributed by atoms with Crippen LogP contribution >= 0.6 is 12.4 Å². The number of aliphatic imine (C=N–C) groups is 6. The lowest BCUT2D eigenvalue weighted by Gasteiger charge is -1.95. The van der Waals surface area contributed by atoms with Crippen molar-refractivity contribution in [2.75, 3.05) is 26.3 Å². The van der Waals surface area contributed by atoms with Crippen LogP contribution in [0.15, 0.2) is 42.6 Å². The molecule has 0 saturated heterocycles. The van der Waals surface area contributed by atoms with Crippen molar-refractivity contribution in [2.24, 2.45) is 35.7 Å². The summed E-state index contributed by atoms with van der Waals surface area (Å²) in [6.45, 7) is 11.7. The zero-order chi connectivity index (χ0) is 16.2. The van der Waals surface area contributed by atoms with Gasteiger partial charge in [-0.05, 0) is 20.8 Å². The average Bonchev–Trinajstić information content (AvgIpc) is 2.48. The second-order valence-electron chi connectivity index (χ2n) is 3.40. The van der Waals surface area contributed by atoms with Crippen molar-refractivity contribution < 1.29 is 0 Å². The highest BCUT2D eigenvalue weighted by Gasteiger charge is 1.90. The first-order valence-electron chi connectivity index (χ1n) is 6.86. The van der Waals surface area contributed by atoms with Gasteiger partial charge in [0.2, 0.25) is 0 Å². The summed E-state index contributed by atoms with van der Waals surface area (Å²) in [5.41, 5.74) is 5.46. The summed E-state index contributed by atoms with van der Waals surface area (Å²) in [6, 6.07) is 7.47. The molecule has 0 saturated carbocycles. The molecule has 2 N–H and O–H groups in total. The van der Waals surface area contributed by atoms with Gasteiger partial charge < -0.3 is 5.73 Å². The number of nitrogens with two attached hydrogens (primary N) is 1. The third-order valence-electron chi connectivity index (χ3n) is 1.60. The van der Waals surface area contributed by atoms with Crippen molar-refractivity contribution in [3.8, 4) is 0 Å². The van der Waals surface area contributed by atoms with Crippen LogP contribution in [-0.4, -0.2) is 50.5 Å². The number of nitrogens with zero attached hydrogens (tertiary/aromatic N) is 6. The predicted octanol–water partition coefficient (Wildman–Crippen LogP) is 2.79. The number of halogens is 1. The van der Waals surface area contributed by atoms with E-state index in [4.69, 9.17) is 5.73 Å². The van der Waals surface area contributed by atoms with Gasteiger partial charge in [0.1, 0.15) is 6.17 Å². The van der Waals surface area contributed by atoms with E-state index in [2.05, 4.69) is 54.6 Å². The third-order valence-corrected chi connectivity index (χ3v) is 1.60. The molecule has 0 rings (SSSR count). The maximum atomic E-state index is 5.46. The van der Waals surface area contributed by atoms with E-state index < -0.39 is 0 Å². The molecule has 0 fully saturated rings. The van der Waals surface area contributed by atoms with E-state index in [-0.39, 0.29) is 18.6 Å². The average molecular weight is 328 g/mol. The van der Waals surface area contributed by atoms with E-state index >= 15 is 0 Å². The molecule has 0 bridgehead atoms. The fourth-order valence-corrected chi connectivity index (χ4v) is 0.749. The van der Waals surface area contributed by atoms with E-state index in [0.717, 1.165) is 0 Å². The molecule has 0 aromatic rings. The molecule has 0 aliphatic carbocycles.